The van der Waals surface area contributed by atoms with Crippen LogP contribution < -0.4 is 10.2 Å². The molecular formula is C15H21N3O5. The lowest BCUT2D eigenvalue weighted by Gasteiger charge is -2.35. The molecule has 1 fully saturated rings. The highest BCUT2D eigenvalue weighted by atomic mass is 16.6. The largest absolute Gasteiger partial charge is 0.394 e. The third kappa shape index (κ3) is 4.17. The Morgan fingerprint density at radius 1 is 1.57 bits per heavy atom. The summed E-state index contributed by atoms with van der Waals surface area (Å²) in [5.74, 6) is -0.359. The highest BCUT2D eigenvalue weighted by Crippen LogP contribution is 2.28. The SMILES string of the molecule is CNC(=O)c1cc([N+](=O)[O-])ccc1N1CCCC(OCCO)C1. The topological polar surface area (TPSA) is 105 Å². The number of nitro groups is 1. The molecule has 126 valence electrons. The first kappa shape index (κ1) is 17.2. The second kappa shape index (κ2) is 7.89. The lowest BCUT2D eigenvalue weighted by Crippen LogP contribution is -2.41. The van der Waals surface area contributed by atoms with Crippen molar-refractivity contribution < 1.29 is 19.6 Å². The van der Waals surface area contributed by atoms with Gasteiger partial charge >= 0.3 is 0 Å². The summed E-state index contributed by atoms with van der Waals surface area (Å²) < 4.78 is 5.57. The minimum absolute atomic E-state index is 0.0244. The van der Waals surface area contributed by atoms with Crippen molar-refractivity contribution in [3.05, 3.63) is 33.9 Å². The Hall–Kier alpha value is -2.19. The number of nitrogens with zero attached hydrogens (tertiary/aromatic N) is 2. The Morgan fingerprint density at radius 2 is 2.35 bits per heavy atom. The lowest BCUT2D eigenvalue weighted by atomic mass is 10.0. The van der Waals surface area contributed by atoms with Gasteiger partial charge in [-0.3, -0.25) is 14.9 Å². The van der Waals surface area contributed by atoms with Crippen molar-refractivity contribution in [2.45, 2.75) is 18.9 Å². The van der Waals surface area contributed by atoms with Crippen LogP contribution in [0, 0.1) is 10.1 Å². The van der Waals surface area contributed by atoms with Gasteiger partial charge in [0, 0.05) is 32.3 Å². The van der Waals surface area contributed by atoms with Crippen LogP contribution in [0.2, 0.25) is 0 Å². The molecule has 0 spiro atoms. The number of piperidine rings is 1. The molecule has 1 aromatic carbocycles. The molecule has 0 saturated carbocycles. The Bertz CT molecular complexity index is 578. The van der Waals surface area contributed by atoms with Crippen LogP contribution in [0.4, 0.5) is 11.4 Å². The molecule has 1 aromatic rings. The molecule has 0 aromatic heterocycles. The molecule has 0 radical (unpaired) electrons. The number of rotatable bonds is 6. The standard InChI is InChI=1S/C15H21N3O5/c1-16-15(20)13-9-11(18(21)22)4-5-14(13)17-6-2-3-12(10-17)23-8-7-19/h4-5,9,12,19H,2-3,6-8,10H2,1H3,(H,16,20). The normalized spacial score (nSPS) is 17.8. The molecule has 1 saturated heterocycles. The van der Waals surface area contributed by atoms with Gasteiger partial charge in [0.05, 0.1) is 35.5 Å². The number of anilines is 1. The van der Waals surface area contributed by atoms with Crippen LogP contribution in [0.5, 0.6) is 0 Å². The summed E-state index contributed by atoms with van der Waals surface area (Å²) in [4.78, 5) is 24.5. The van der Waals surface area contributed by atoms with Crippen molar-refractivity contribution in [2.75, 3.05) is 38.3 Å². The van der Waals surface area contributed by atoms with E-state index in [1.54, 1.807) is 6.07 Å². The first-order valence-corrected chi connectivity index (χ1v) is 7.54. The zero-order valence-electron chi connectivity index (χ0n) is 13.0. The van der Waals surface area contributed by atoms with E-state index in [0.717, 1.165) is 19.4 Å². The van der Waals surface area contributed by atoms with Crippen molar-refractivity contribution in [1.29, 1.82) is 0 Å². The van der Waals surface area contributed by atoms with Gasteiger partial charge < -0.3 is 20.1 Å². The third-order valence-electron chi connectivity index (χ3n) is 3.83. The molecule has 23 heavy (non-hydrogen) atoms. The van der Waals surface area contributed by atoms with Crippen LogP contribution in [-0.2, 0) is 4.74 Å². The van der Waals surface area contributed by atoms with Gasteiger partial charge in [0.2, 0.25) is 0 Å². The first-order chi connectivity index (χ1) is 11.1. The van der Waals surface area contributed by atoms with Crippen molar-refractivity contribution in [2.24, 2.45) is 0 Å². The fraction of sp³-hybridized carbons (Fsp3) is 0.533. The molecule has 1 aliphatic rings. The fourth-order valence-corrected chi connectivity index (χ4v) is 2.74. The number of aliphatic hydroxyl groups excluding tert-OH is 1. The second-order valence-electron chi connectivity index (χ2n) is 5.34. The molecule has 0 bridgehead atoms. The number of ether oxygens (including phenoxy) is 1. The third-order valence-corrected chi connectivity index (χ3v) is 3.83. The van der Waals surface area contributed by atoms with Crippen molar-refractivity contribution in [3.8, 4) is 0 Å². The minimum atomic E-state index is -0.514. The van der Waals surface area contributed by atoms with Crippen LogP contribution in [0.15, 0.2) is 18.2 Å². The number of carbonyl (C=O) groups is 1. The summed E-state index contributed by atoms with van der Waals surface area (Å²) in [6.45, 7) is 1.58. The minimum Gasteiger partial charge on any atom is -0.394 e. The average molecular weight is 323 g/mol. The Morgan fingerprint density at radius 3 is 3.00 bits per heavy atom. The predicted octanol–water partition coefficient (Wildman–Crippen LogP) is 0.932. The predicted molar refractivity (Wildman–Crippen MR) is 84.8 cm³/mol. The Kier molecular flexibility index (Phi) is 5.89. The summed E-state index contributed by atoms with van der Waals surface area (Å²) >= 11 is 0. The van der Waals surface area contributed by atoms with Gasteiger partial charge in [0.1, 0.15) is 0 Å². The zero-order chi connectivity index (χ0) is 16.8. The number of hydrogen-bond acceptors (Lipinski definition) is 6. The van der Waals surface area contributed by atoms with Gasteiger partial charge in [-0.05, 0) is 18.9 Å². The maximum atomic E-state index is 12.1. The van der Waals surface area contributed by atoms with Crippen LogP contribution in [0.1, 0.15) is 23.2 Å². The summed E-state index contributed by atoms with van der Waals surface area (Å²) in [6, 6.07) is 4.31. The molecule has 1 heterocycles. The number of aliphatic hydroxyl groups is 1. The van der Waals surface area contributed by atoms with Crippen LogP contribution >= 0.6 is 0 Å². The number of amides is 1. The molecule has 2 rings (SSSR count). The van der Waals surface area contributed by atoms with Gasteiger partial charge in [-0.15, -0.1) is 0 Å². The summed E-state index contributed by atoms with van der Waals surface area (Å²) in [5, 5.41) is 22.3. The van der Waals surface area contributed by atoms with Crippen LogP contribution in [0.25, 0.3) is 0 Å². The molecular weight excluding hydrogens is 302 g/mol. The lowest BCUT2D eigenvalue weighted by molar-refractivity contribution is -0.384. The quantitative estimate of drug-likeness (QED) is 0.596. The van der Waals surface area contributed by atoms with Crippen LogP contribution in [0.3, 0.4) is 0 Å². The molecule has 1 atom stereocenters. The number of carbonyl (C=O) groups excluding carboxylic acids is 1. The Balaban J connectivity index is 2.26. The number of nitrogens with one attached hydrogen (secondary N) is 1. The summed E-state index contributed by atoms with van der Waals surface area (Å²) in [5.41, 5.74) is 0.828. The van der Waals surface area contributed by atoms with E-state index in [9.17, 15) is 14.9 Å². The zero-order valence-corrected chi connectivity index (χ0v) is 13.0. The van der Waals surface area contributed by atoms with Gasteiger partial charge in [0.15, 0.2) is 0 Å². The fourth-order valence-electron chi connectivity index (χ4n) is 2.74. The van der Waals surface area contributed by atoms with Gasteiger partial charge in [0.25, 0.3) is 11.6 Å². The second-order valence-corrected chi connectivity index (χ2v) is 5.34. The van der Waals surface area contributed by atoms with Crippen molar-refractivity contribution in [1.82, 2.24) is 5.32 Å². The number of benzene rings is 1. The van der Waals surface area contributed by atoms with Crippen molar-refractivity contribution in [3.63, 3.8) is 0 Å². The Labute approximate surface area is 134 Å². The van der Waals surface area contributed by atoms with E-state index in [4.69, 9.17) is 9.84 Å². The van der Waals surface area contributed by atoms with Crippen molar-refractivity contribution >= 4 is 17.3 Å². The van der Waals surface area contributed by atoms with E-state index >= 15 is 0 Å². The van der Waals surface area contributed by atoms with E-state index in [-0.39, 0.29) is 36.5 Å². The maximum absolute atomic E-state index is 12.1. The van der Waals surface area contributed by atoms with E-state index in [2.05, 4.69) is 5.32 Å². The average Bonchev–Trinajstić information content (AvgIpc) is 2.58. The molecule has 8 heteroatoms. The highest BCUT2D eigenvalue weighted by molar-refractivity contribution is 6.00. The van der Waals surface area contributed by atoms with E-state index in [1.807, 2.05) is 4.90 Å². The van der Waals surface area contributed by atoms with E-state index in [1.165, 1.54) is 19.2 Å². The molecule has 1 aliphatic heterocycles. The van der Waals surface area contributed by atoms with Crippen LogP contribution in [-0.4, -0.2) is 55.4 Å². The van der Waals surface area contributed by atoms with E-state index in [0.29, 0.717) is 12.2 Å². The summed E-state index contributed by atoms with van der Waals surface area (Å²) in [7, 11) is 1.49. The van der Waals surface area contributed by atoms with Gasteiger partial charge in [-0.2, -0.15) is 0 Å². The molecule has 1 unspecified atom stereocenters. The highest BCUT2D eigenvalue weighted by Gasteiger charge is 2.25. The van der Waals surface area contributed by atoms with Gasteiger partial charge in [-0.1, -0.05) is 0 Å². The van der Waals surface area contributed by atoms with Gasteiger partial charge in [-0.25, -0.2) is 0 Å². The number of nitro benzene ring substituents is 1. The monoisotopic (exact) mass is 323 g/mol. The number of non-ortho nitro benzene ring substituents is 1. The maximum Gasteiger partial charge on any atom is 0.270 e. The molecule has 8 nitrogen and oxygen atoms in total. The molecule has 2 N–H and O–H groups in total. The first-order valence-electron chi connectivity index (χ1n) is 7.54. The molecule has 1 amide bonds. The smallest absolute Gasteiger partial charge is 0.270 e. The summed E-state index contributed by atoms with van der Waals surface area (Å²) in [6.07, 6.45) is 1.75. The van der Waals surface area contributed by atoms with E-state index < -0.39 is 4.92 Å². The number of hydrogen-bond donors (Lipinski definition) is 2. The molecule has 0 aliphatic carbocycles.